The molecule has 3 heteroatoms. The molecule has 0 N–H and O–H groups in total. The molecule has 1 aromatic carbocycles. The molecule has 0 saturated heterocycles. The number of hydrogen-bond donors (Lipinski definition) is 0. The minimum Gasteiger partial charge on any atom is -0.462 e. The molecular formula is C15H21NO2. The van der Waals surface area contributed by atoms with E-state index in [0.717, 1.165) is 0 Å². The summed E-state index contributed by atoms with van der Waals surface area (Å²) >= 11 is 0. The minimum atomic E-state index is -0.368. The van der Waals surface area contributed by atoms with Crippen LogP contribution in [0, 0.1) is 5.92 Å². The normalized spacial score (nSPS) is 14.0. The van der Waals surface area contributed by atoms with Gasteiger partial charge in [-0.25, -0.2) is 4.79 Å². The summed E-state index contributed by atoms with van der Waals surface area (Å²) in [5, 5.41) is 0. The van der Waals surface area contributed by atoms with Gasteiger partial charge in [-0.1, -0.05) is 43.8 Å². The van der Waals surface area contributed by atoms with Crippen molar-refractivity contribution in [3.8, 4) is 0 Å². The number of carbonyl (C=O) groups excluding carboxylic acids is 1. The minimum absolute atomic E-state index is 0.214. The van der Waals surface area contributed by atoms with Crippen molar-refractivity contribution < 1.29 is 9.53 Å². The van der Waals surface area contributed by atoms with E-state index >= 15 is 0 Å². The van der Waals surface area contributed by atoms with Crippen molar-refractivity contribution in [3.05, 3.63) is 48.6 Å². The molecule has 18 heavy (non-hydrogen) atoms. The Morgan fingerprint density at radius 1 is 1.39 bits per heavy atom. The predicted octanol–water partition coefficient (Wildman–Crippen LogP) is 2.65. The van der Waals surface area contributed by atoms with E-state index in [4.69, 9.17) is 4.74 Å². The van der Waals surface area contributed by atoms with Crippen LogP contribution in [-0.2, 0) is 9.53 Å². The van der Waals surface area contributed by atoms with Crippen LogP contribution in [0.1, 0.15) is 18.5 Å². The third-order valence-electron chi connectivity index (χ3n) is 2.89. The van der Waals surface area contributed by atoms with Gasteiger partial charge in [-0.2, -0.15) is 0 Å². The van der Waals surface area contributed by atoms with Gasteiger partial charge >= 0.3 is 5.97 Å². The molecule has 2 atom stereocenters. The first kappa shape index (κ1) is 14.5. The molecule has 2 unspecified atom stereocenters. The maximum atomic E-state index is 11.1. The van der Waals surface area contributed by atoms with Crippen LogP contribution in [0.4, 0.5) is 0 Å². The van der Waals surface area contributed by atoms with Crippen molar-refractivity contribution >= 4 is 5.97 Å². The average molecular weight is 247 g/mol. The van der Waals surface area contributed by atoms with Crippen molar-refractivity contribution in [2.75, 3.05) is 20.7 Å². The highest BCUT2D eigenvalue weighted by Crippen LogP contribution is 2.26. The lowest BCUT2D eigenvalue weighted by Gasteiger charge is -2.30. The first-order chi connectivity index (χ1) is 8.56. The molecule has 0 aromatic heterocycles. The highest BCUT2D eigenvalue weighted by molar-refractivity contribution is 5.81. The van der Waals surface area contributed by atoms with Crippen molar-refractivity contribution in [1.29, 1.82) is 0 Å². The SMILES string of the molecule is C=CC(=O)OCC(C)C(c1ccccc1)N(C)C. The Labute approximate surface area is 109 Å². The number of esters is 1. The molecule has 3 nitrogen and oxygen atoms in total. The van der Waals surface area contributed by atoms with Crippen molar-refractivity contribution in [2.45, 2.75) is 13.0 Å². The van der Waals surface area contributed by atoms with Crippen LogP contribution in [0.25, 0.3) is 0 Å². The Balaban J connectivity index is 2.73. The molecule has 0 aliphatic carbocycles. The maximum Gasteiger partial charge on any atom is 0.330 e. The molecule has 0 saturated carbocycles. The van der Waals surface area contributed by atoms with Crippen LogP contribution in [0.2, 0.25) is 0 Å². The Kier molecular flexibility index (Phi) is 5.59. The molecule has 0 fully saturated rings. The third kappa shape index (κ3) is 4.00. The second kappa shape index (κ2) is 6.97. The molecule has 0 radical (unpaired) electrons. The summed E-state index contributed by atoms with van der Waals surface area (Å²) in [4.78, 5) is 13.2. The van der Waals surface area contributed by atoms with Gasteiger partial charge in [0.05, 0.1) is 6.61 Å². The maximum absolute atomic E-state index is 11.1. The zero-order valence-corrected chi connectivity index (χ0v) is 11.3. The fraction of sp³-hybridized carbons (Fsp3) is 0.400. The topological polar surface area (TPSA) is 29.5 Å². The number of rotatable bonds is 6. The van der Waals surface area contributed by atoms with Crippen LogP contribution in [0.15, 0.2) is 43.0 Å². The fourth-order valence-corrected chi connectivity index (χ4v) is 2.15. The first-order valence-corrected chi connectivity index (χ1v) is 6.06. The summed E-state index contributed by atoms with van der Waals surface area (Å²) in [6.45, 7) is 5.86. The van der Waals surface area contributed by atoms with Crippen LogP contribution in [0.5, 0.6) is 0 Å². The molecular weight excluding hydrogens is 226 g/mol. The molecule has 1 rings (SSSR count). The second-order valence-corrected chi connectivity index (χ2v) is 4.63. The van der Waals surface area contributed by atoms with Gasteiger partial charge in [0.2, 0.25) is 0 Å². The van der Waals surface area contributed by atoms with E-state index in [9.17, 15) is 4.79 Å². The predicted molar refractivity (Wildman–Crippen MR) is 73.2 cm³/mol. The van der Waals surface area contributed by atoms with Gasteiger partial charge in [0.15, 0.2) is 0 Å². The molecule has 0 bridgehead atoms. The number of hydrogen-bond acceptors (Lipinski definition) is 3. The molecule has 0 aliphatic heterocycles. The van der Waals surface area contributed by atoms with E-state index in [0.29, 0.717) is 6.61 Å². The van der Waals surface area contributed by atoms with Crippen molar-refractivity contribution in [1.82, 2.24) is 4.90 Å². The van der Waals surface area contributed by atoms with Gasteiger partial charge in [-0.15, -0.1) is 0 Å². The largest absolute Gasteiger partial charge is 0.462 e. The Morgan fingerprint density at radius 2 is 2.00 bits per heavy atom. The zero-order chi connectivity index (χ0) is 13.5. The smallest absolute Gasteiger partial charge is 0.330 e. The van der Waals surface area contributed by atoms with Gasteiger partial charge in [0, 0.05) is 18.0 Å². The molecule has 0 aliphatic rings. The van der Waals surface area contributed by atoms with Crippen LogP contribution in [0.3, 0.4) is 0 Å². The van der Waals surface area contributed by atoms with Crippen molar-refractivity contribution in [2.24, 2.45) is 5.92 Å². The van der Waals surface area contributed by atoms with E-state index in [-0.39, 0.29) is 17.9 Å². The molecule has 1 aromatic rings. The quantitative estimate of drug-likeness (QED) is 0.572. The Morgan fingerprint density at radius 3 is 2.50 bits per heavy atom. The van der Waals surface area contributed by atoms with Gasteiger partial charge in [0.1, 0.15) is 0 Å². The highest BCUT2D eigenvalue weighted by Gasteiger charge is 2.22. The number of carbonyl (C=O) groups is 1. The van der Waals surface area contributed by atoms with Gasteiger partial charge in [0.25, 0.3) is 0 Å². The molecule has 0 heterocycles. The fourth-order valence-electron chi connectivity index (χ4n) is 2.15. The molecule has 0 spiro atoms. The standard InChI is InChI=1S/C15H21NO2/c1-5-14(17)18-11-12(2)15(16(3)4)13-9-7-6-8-10-13/h5-10,12,15H,1,11H2,2-4H3. The van der Waals surface area contributed by atoms with Gasteiger partial charge in [-0.3, -0.25) is 0 Å². The monoisotopic (exact) mass is 247 g/mol. The highest BCUT2D eigenvalue weighted by atomic mass is 16.5. The lowest BCUT2D eigenvalue weighted by Crippen LogP contribution is -2.29. The van der Waals surface area contributed by atoms with E-state index in [2.05, 4.69) is 30.5 Å². The molecule has 98 valence electrons. The lowest BCUT2D eigenvalue weighted by molar-refractivity contribution is -0.139. The second-order valence-electron chi connectivity index (χ2n) is 4.63. The van der Waals surface area contributed by atoms with Gasteiger partial charge < -0.3 is 9.64 Å². The first-order valence-electron chi connectivity index (χ1n) is 6.06. The number of ether oxygens (including phenoxy) is 1. The van der Waals surface area contributed by atoms with Crippen LogP contribution < -0.4 is 0 Å². The molecule has 0 amide bonds. The van der Waals surface area contributed by atoms with Crippen LogP contribution in [-0.4, -0.2) is 31.6 Å². The summed E-state index contributed by atoms with van der Waals surface area (Å²) in [5.41, 5.74) is 1.23. The summed E-state index contributed by atoms with van der Waals surface area (Å²) in [6.07, 6.45) is 1.19. The zero-order valence-electron chi connectivity index (χ0n) is 11.3. The Bertz CT molecular complexity index is 387. The summed E-state index contributed by atoms with van der Waals surface area (Å²) in [6, 6.07) is 10.5. The van der Waals surface area contributed by atoms with E-state index in [1.807, 2.05) is 32.3 Å². The average Bonchev–Trinajstić information content (AvgIpc) is 2.37. The summed E-state index contributed by atoms with van der Waals surface area (Å²) in [7, 11) is 4.06. The van der Waals surface area contributed by atoms with E-state index in [1.165, 1.54) is 11.6 Å². The number of benzene rings is 1. The number of nitrogens with zero attached hydrogens (tertiary/aromatic N) is 1. The van der Waals surface area contributed by atoms with Crippen LogP contribution >= 0.6 is 0 Å². The summed E-state index contributed by atoms with van der Waals surface area (Å²) < 4.78 is 5.12. The summed E-state index contributed by atoms with van der Waals surface area (Å²) in [5.74, 6) is -0.154. The third-order valence-corrected chi connectivity index (χ3v) is 2.89. The van der Waals surface area contributed by atoms with E-state index < -0.39 is 0 Å². The lowest BCUT2D eigenvalue weighted by atomic mass is 9.94. The van der Waals surface area contributed by atoms with Crippen molar-refractivity contribution in [3.63, 3.8) is 0 Å². The Hall–Kier alpha value is -1.61. The van der Waals surface area contributed by atoms with Gasteiger partial charge in [-0.05, 0) is 19.7 Å². The van der Waals surface area contributed by atoms with E-state index in [1.54, 1.807) is 0 Å².